The van der Waals surface area contributed by atoms with Gasteiger partial charge < -0.3 is 9.84 Å². The summed E-state index contributed by atoms with van der Waals surface area (Å²) in [4.78, 5) is 22.4. The Morgan fingerprint density at radius 1 is 1.47 bits per heavy atom. The Hall–Kier alpha value is -1.69. The number of carbonyl (C=O) groups is 2. The lowest BCUT2D eigenvalue weighted by Crippen LogP contribution is -2.25. The first-order valence-electron chi connectivity index (χ1n) is 4.98. The number of amides is 2. The van der Waals surface area contributed by atoms with Crippen molar-refractivity contribution < 1.29 is 19.4 Å². The van der Waals surface area contributed by atoms with Gasteiger partial charge in [0.2, 0.25) is 5.91 Å². The molecule has 0 saturated carbocycles. The molecule has 1 aromatic carbocycles. The smallest absolute Gasteiger partial charge is 0.286 e. The summed E-state index contributed by atoms with van der Waals surface area (Å²) < 4.78 is 4.97. The van der Waals surface area contributed by atoms with Gasteiger partial charge in [-0.2, -0.15) is 0 Å². The van der Waals surface area contributed by atoms with Gasteiger partial charge in [-0.15, -0.1) is 0 Å². The minimum Gasteiger partial charge on any atom is -0.504 e. The molecule has 2 rings (SSSR count). The monoisotopic (exact) mass is 253 g/mol. The normalized spacial score (nSPS) is 19.2. The van der Waals surface area contributed by atoms with Gasteiger partial charge in [0.1, 0.15) is 0 Å². The molecule has 0 spiro atoms. The molecular weight excluding hydrogens is 242 g/mol. The maximum atomic E-state index is 11.4. The van der Waals surface area contributed by atoms with Gasteiger partial charge >= 0.3 is 0 Å². The van der Waals surface area contributed by atoms with Crippen LogP contribution in [0.4, 0.5) is 4.79 Å². The average Bonchev–Trinajstić information content (AvgIpc) is 2.60. The molecule has 0 unspecified atom stereocenters. The number of hydrogen-bond acceptors (Lipinski definition) is 5. The van der Waals surface area contributed by atoms with Crippen LogP contribution in [0.1, 0.15) is 5.56 Å². The first kappa shape index (κ1) is 11.8. The fraction of sp³-hybridized carbons (Fsp3) is 0.273. The van der Waals surface area contributed by atoms with Crippen LogP contribution in [0.3, 0.4) is 0 Å². The highest BCUT2D eigenvalue weighted by molar-refractivity contribution is 8.15. The number of thioether (sulfide) groups is 1. The second-order valence-corrected chi connectivity index (χ2v) is 4.73. The fourth-order valence-corrected chi connectivity index (χ4v) is 2.47. The van der Waals surface area contributed by atoms with E-state index in [2.05, 4.69) is 5.32 Å². The lowest BCUT2D eigenvalue weighted by Gasteiger charge is -2.10. The molecule has 6 heteroatoms. The number of benzene rings is 1. The molecule has 17 heavy (non-hydrogen) atoms. The molecular formula is C11H11NO4S. The molecule has 0 aromatic heterocycles. The van der Waals surface area contributed by atoms with E-state index in [0.717, 1.165) is 11.8 Å². The summed E-state index contributed by atoms with van der Waals surface area (Å²) in [6.45, 7) is 0. The number of phenols is 1. The number of hydrogen-bond donors (Lipinski definition) is 2. The number of nitrogens with one attached hydrogen (secondary N) is 1. The average molecular weight is 253 g/mol. The molecule has 1 aliphatic heterocycles. The third-order valence-corrected chi connectivity index (χ3v) is 3.46. The molecule has 5 nitrogen and oxygen atoms in total. The molecule has 2 amide bonds. The largest absolute Gasteiger partial charge is 0.504 e. The standard InChI is InChI=1S/C11H11NO4S/c1-16-7-4-2-3-6(9(7)13)5-8-10(14)12-11(15)17-8/h2-4,8,13H,5H2,1H3,(H,12,14,15)/t8-/m0/s1. The number of methoxy groups -OCH3 is 1. The molecule has 2 N–H and O–H groups in total. The van der Waals surface area contributed by atoms with Crippen LogP contribution in [0.25, 0.3) is 0 Å². The van der Waals surface area contributed by atoms with Gasteiger partial charge in [-0.05, 0) is 18.1 Å². The highest BCUT2D eigenvalue weighted by atomic mass is 32.2. The van der Waals surface area contributed by atoms with E-state index in [4.69, 9.17) is 4.74 Å². The highest BCUT2D eigenvalue weighted by Crippen LogP contribution is 2.33. The van der Waals surface area contributed by atoms with Gasteiger partial charge in [0.15, 0.2) is 11.5 Å². The van der Waals surface area contributed by atoms with E-state index in [-0.39, 0.29) is 16.9 Å². The fourth-order valence-electron chi connectivity index (χ4n) is 1.62. The van der Waals surface area contributed by atoms with Crippen LogP contribution in [0.5, 0.6) is 11.5 Å². The van der Waals surface area contributed by atoms with Crippen molar-refractivity contribution in [3.63, 3.8) is 0 Å². The molecule has 1 fully saturated rings. The molecule has 90 valence electrons. The molecule has 1 atom stereocenters. The Kier molecular flexibility index (Phi) is 3.23. The Balaban J connectivity index is 2.19. The van der Waals surface area contributed by atoms with Crippen LogP contribution in [-0.4, -0.2) is 28.6 Å². The van der Waals surface area contributed by atoms with Gasteiger partial charge in [-0.1, -0.05) is 23.9 Å². The van der Waals surface area contributed by atoms with E-state index in [1.807, 2.05) is 0 Å². The zero-order chi connectivity index (χ0) is 12.4. The van der Waals surface area contributed by atoms with Gasteiger partial charge in [-0.25, -0.2) is 0 Å². The number of carbonyl (C=O) groups excluding carboxylic acids is 2. The molecule has 1 saturated heterocycles. The summed E-state index contributed by atoms with van der Waals surface area (Å²) in [5, 5.41) is 11.2. The Bertz CT molecular complexity index is 475. The van der Waals surface area contributed by atoms with E-state index < -0.39 is 5.25 Å². The Morgan fingerprint density at radius 3 is 2.82 bits per heavy atom. The van der Waals surface area contributed by atoms with Crippen molar-refractivity contribution in [2.24, 2.45) is 0 Å². The summed E-state index contributed by atoms with van der Waals surface area (Å²) in [7, 11) is 1.46. The molecule has 1 heterocycles. The summed E-state index contributed by atoms with van der Waals surface area (Å²) in [6, 6.07) is 5.06. The van der Waals surface area contributed by atoms with E-state index in [1.165, 1.54) is 7.11 Å². The topological polar surface area (TPSA) is 75.6 Å². The number of rotatable bonds is 3. The van der Waals surface area contributed by atoms with Crippen LogP contribution in [0.2, 0.25) is 0 Å². The lowest BCUT2D eigenvalue weighted by molar-refractivity contribution is -0.118. The maximum absolute atomic E-state index is 11.4. The quantitative estimate of drug-likeness (QED) is 0.849. The molecule has 1 aromatic rings. The first-order valence-corrected chi connectivity index (χ1v) is 5.86. The predicted octanol–water partition coefficient (Wildman–Crippen LogP) is 1.29. The SMILES string of the molecule is COc1cccc(C[C@@H]2SC(=O)NC2=O)c1O. The minimum absolute atomic E-state index is 0.0164. The third kappa shape index (κ3) is 2.36. The van der Waals surface area contributed by atoms with Crippen LogP contribution in [0.15, 0.2) is 18.2 Å². The van der Waals surface area contributed by atoms with E-state index in [9.17, 15) is 14.7 Å². The zero-order valence-corrected chi connectivity index (χ0v) is 9.91. The number of phenolic OH excluding ortho intramolecular Hbond substituents is 1. The van der Waals surface area contributed by atoms with Crippen molar-refractivity contribution in [2.45, 2.75) is 11.7 Å². The van der Waals surface area contributed by atoms with Gasteiger partial charge in [0, 0.05) is 0 Å². The first-order chi connectivity index (χ1) is 8.11. The van der Waals surface area contributed by atoms with Gasteiger partial charge in [0.25, 0.3) is 5.24 Å². The van der Waals surface area contributed by atoms with Crippen molar-refractivity contribution in [2.75, 3.05) is 7.11 Å². The van der Waals surface area contributed by atoms with Crippen LogP contribution < -0.4 is 10.1 Å². The van der Waals surface area contributed by atoms with Crippen molar-refractivity contribution in [1.82, 2.24) is 5.32 Å². The molecule has 0 aliphatic carbocycles. The van der Waals surface area contributed by atoms with Gasteiger partial charge in [-0.3, -0.25) is 14.9 Å². The van der Waals surface area contributed by atoms with Crippen molar-refractivity contribution in [1.29, 1.82) is 0 Å². The molecule has 0 radical (unpaired) electrons. The Labute approximate surface area is 102 Å². The summed E-state index contributed by atoms with van der Waals surface area (Å²) in [6.07, 6.45) is 0.297. The number of aromatic hydroxyl groups is 1. The van der Waals surface area contributed by atoms with Crippen LogP contribution >= 0.6 is 11.8 Å². The number of para-hydroxylation sites is 1. The second kappa shape index (κ2) is 4.67. The maximum Gasteiger partial charge on any atom is 0.286 e. The predicted molar refractivity (Wildman–Crippen MR) is 63.3 cm³/mol. The van der Waals surface area contributed by atoms with E-state index >= 15 is 0 Å². The van der Waals surface area contributed by atoms with Crippen molar-refractivity contribution in [3.05, 3.63) is 23.8 Å². The second-order valence-electron chi connectivity index (χ2n) is 3.56. The van der Waals surface area contributed by atoms with Crippen LogP contribution in [0, 0.1) is 0 Å². The number of imide groups is 1. The lowest BCUT2D eigenvalue weighted by atomic mass is 10.1. The number of ether oxygens (including phenoxy) is 1. The third-order valence-electron chi connectivity index (χ3n) is 2.47. The van der Waals surface area contributed by atoms with E-state index in [0.29, 0.717) is 17.7 Å². The zero-order valence-electron chi connectivity index (χ0n) is 9.10. The molecule has 0 bridgehead atoms. The van der Waals surface area contributed by atoms with Crippen LogP contribution in [-0.2, 0) is 11.2 Å². The molecule has 1 aliphatic rings. The van der Waals surface area contributed by atoms with E-state index in [1.54, 1.807) is 18.2 Å². The summed E-state index contributed by atoms with van der Waals surface area (Å²) in [5.74, 6) is 0.0576. The summed E-state index contributed by atoms with van der Waals surface area (Å²) in [5.41, 5.74) is 0.590. The van der Waals surface area contributed by atoms with Crippen molar-refractivity contribution in [3.8, 4) is 11.5 Å². The summed E-state index contributed by atoms with van der Waals surface area (Å²) >= 11 is 0.939. The van der Waals surface area contributed by atoms with Crippen molar-refractivity contribution >= 4 is 22.9 Å². The highest BCUT2D eigenvalue weighted by Gasteiger charge is 2.32. The van der Waals surface area contributed by atoms with Gasteiger partial charge in [0.05, 0.1) is 12.4 Å². The minimum atomic E-state index is -0.486. The Morgan fingerprint density at radius 2 is 2.24 bits per heavy atom.